The van der Waals surface area contributed by atoms with Gasteiger partial charge in [-0.3, -0.25) is 4.79 Å². The fraction of sp³-hybridized carbons (Fsp3) is 0.278. The minimum Gasteiger partial charge on any atom is -0.505 e. The van der Waals surface area contributed by atoms with Crippen LogP contribution in [0.1, 0.15) is 24.5 Å². The van der Waals surface area contributed by atoms with Crippen molar-refractivity contribution in [3.8, 4) is 23.0 Å². The molecule has 0 saturated heterocycles. The van der Waals surface area contributed by atoms with E-state index >= 15 is 0 Å². The van der Waals surface area contributed by atoms with Crippen LogP contribution in [-0.2, 0) is 9.45 Å². The molecule has 1 radical (unpaired) electrons. The van der Waals surface area contributed by atoms with Crippen molar-refractivity contribution < 1.29 is 29.1 Å². The van der Waals surface area contributed by atoms with Crippen molar-refractivity contribution in [3.05, 3.63) is 42.0 Å². The molecule has 0 spiro atoms. The Morgan fingerprint density at radius 2 is 2.08 bits per heavy atom. The van der Waals surface area contributed by atoms with Crippen LogP contribution in [-0.4, -0.2) is 36.8 Å². The van der Waals surface area contributed by atoms with Crippen LogP contribution in [0.15, 0.2) is 36.4 Å². The van der Waals surface area contributed by atoms with Crippen molar-refractivity contribution in [2.75, 3.05) is 13.2 Å². The van der Waals surface area contributed by atoms with Crippen molar-refractivity contribution in [3.63, 3.8) is 0 Å². The second-order valence-electron chi connectivity index (χ2n) is 5.82. The maximum absolute atomic E-state index is 10.9. The molecular formula is C18H19BNO6. The van der Waals surface area contributed by atoms with E-state index in [9.17, 15) is 9.90 Å². The van der Waals surface area contributed by atoms with E-state index in [1.807, 2.05) is 6.07 Å². The Morgan fingerprint density at radius 1 is 1.27 bits per heavy atom. The Morgan fingerprint density at radius 3 is 2.85 bits per heavy atom. The third kappa shape index (κ3) is 4.09. The topological polar surface area (TPSA) is 111 Å². The Bertz CT molecular complexity index is 797. The number of benzene rings is 2. The molecule has 0 unspecified atom stereocenters. The molecule has 7 nitrogen and oxygen atoms in total. The normalized spacial score (nSPS) is 15.2. The standard InChI is InChI=1S/C18H19BNO6/c20-7-2-8-24-11-3-1-4-12(9-11)25-14-6-5-13-15(10-16(21)22)26-19-17(13)18(14)23/h1,3-6,9,15,23H,2,7-8,10,20H2,(H,21,22)/t15-/m1/s1. The number of phenols is 1. The van der Waals surface area contributed by atoms with Crippen molar-refractivity contribution in [1.29, 1.82) is 0 Å². The molecule has 0 bridgehead atoms. The van der Waals surface area contributed by atoms with Gasteiger partial charge in [0.1, 0.15) is 11.5 Å². The van der Waals surface area contributed by atoms with Gasteiger partial charge in [0.25, 0.3) is 0 Å². The van der Waals surface area contributed by atoms with Gasteiger partial charge in [0.2, 0.25) is 0 Å². The highest BCUT2D eigenvalue weighted by Crippen LogP contribution is 2.36. The predicted molar refractivity (Wildman–Crippen MR) is 95.3 cm³/mol. The molecule has 135 valence electrons. The van der Waals surface area contributed by atoms with Gasteiger partial charge in [-0.15, -0.1) is 0 Å². The van der Waals surface area contributed by atoms with Gasteiger partial charge in [-0.05, 0) is 42.2 Å². The minimum absolute atomic E-state index is 0.0927. The van der Waals surface area contributed by atoms with Crippen molar-refractivity contribution >= 4 is 18.9 Å². The van der Waals surface area contributed by atoms with Crippen LogP contribution in [0.25, 0.3) is 0 Å². The lowest BCUT2D eigenvalue weighted by atomic mass is 9.85. The van der Waals surface area contributed by atoms with E-state index in [-0.39, 0.29) is 17.9 Å². The van der Waals surface area contributed by atoms with E-state index in [0.717, 1.165) is 6.42 Å². The van der Waals surface area contributed by atoms with E-state index in [1.165, 1.54) is 7.48 Å². The Balaban J connectivity index is 1.75. The number of hydrogen-bond acceptors (Lipinski definition) is 6. The SMILES string of the molecule is NCCCOc1cccc(Oc2ccc3c(c2O)[B]O[C@@H]3CC(=O)O)c1. The van der Waals surface area contributed by atoms with Gasteiger partial charge in [-0.25, -0.2) is 0 Å². The molecule has 0 aromatic heterocycles. The van der Waals surface area contributed by atoms with Crippen LogP contribution >= 0.6 is 0 Å². The number of ether oxygens (including phenoxy) is 2. The number of rotatable bonds is 8. The molecule has 0 saturated carbocycles. The van der Waals surface area contributed by atoms with Crippen LogP contribution in [0.3, 0.4) is 0 Å². The highest BCUT2D eigenvalue weighted by Gasteiger charge is 2.30. The largest absolute Gasteiger partial charge is 0.505 e. The predicted octanol–water partition coefficient (Wildman–Crippen LogP) is 1.70. The molecule has 2 aromatic carbocycles. The van der Waals surface area contributed by atoms with Gasteiger partial charge >= 0.3 is 13.5 Å². The van der Waals surface area contributed by atoms with E-state index in [0.29, 0.717) is 35.7 Å². The van der Waals surface area contributed by atoms with E-state index in [4.69, 9.17) is 25.0 Å². The minimum atomic E-state index is -0.970. The van der Waals surface area contributed by atoms with Crippen LogP contribution in [0, 0.1) is 0 Å². The molecule has 3 rings (SSSR count). The summed E-state index contributed by atoms with van der Waals surface area (Å²) < 4.78 is 16.7. The number of fused-ring (bicyclic) bond motifs is 1. The second-order valence-corrected chi connectivity index (χ2v) is 5.82. The molecule has 1 aliphatic heterocycles. The molecule has 0 fully saturated rings. The first-order valence-corrected chi connectivity index (χ1v) is 8.25. The number of carbonyl (C=O) groups is 1. The summed E-state index contributed by atoms with van der Waals surface area (Å²) in [5.74, 6) is 0.338. The zero-order valence-electron chi connectivity index (χ0n) is 14.1. The molecule has 1 heterocycles. The maximum atomic E-state index is 10.9. The second kappa shape index (κ2) is 8.12. The molecule has 1 aliphatic rings. The van der Waals surface area contributed by atoms with E-state index in [2.05, 4.69) is 0 Å². The summed E-state index contributed by atoms with van der Waals surface area (Å²) in [5, 5.41) is 19.4. The zero-order chi connectivity index (χ0) is 18.5. The first kappa shape index (κ1) is 18.1. The smallest absolute Gasteiger partial charge is 0.335 e. The highest BCUT2D eigenvalue weighted by molar-refractivity contribution is 6.50. The molecule has 0 aliphatic carbocycles. The number of hydrogen-bond donors (Lipinski definition) is 3. The number of carboxylic acids is 1. The summed E-state index contributed by atoms with van der Waals surface area (Å²) >= 11 is 0. The van der Waals surface area contributed by atoms with Crippen LogP contribution < -0.4 is 20.7 Å². The number of phenolic OH excluding ortho intramolecular Hbond substituents is 1. The van der Waals surface area contributed by atoms with Crippen molar-refractivity contribution in [2.24, 2.45) is 5.73 Å². The summed E-state index contributed by atoms with van der Waals surface area (Å²) in [4.78, 5) is 10.9. The third-order valence-corrected chi connectivity index (χ3v) is 3.92. The van der Waals surface area contributed by atoms with Gasteiger partial charge in [0.15, 0.2) is 11.5 Å². The summed E-state index contributed by atoms with van der Waals surface area (Å²) in [6.07, 6.45) is -0.0308. The monoisotopic (exact) mass is 356 g/mol. The first-order chi connectivity index (χ1) is 12.6. The number of carboxylic acid groups (broad SMARTS) is 1. The van der Waals surface area contributed by atoms with E-state index < -0.39 is 12.1 Å². The fourth-order valence-electron chi connectivity index (χ4n) is 2.66. The molecule has 1 atom stereocenters. The summed E-state index contributed by atoms with van der Waals surface area (Å²) in [6, 6.07) is 10.4. The van der Waals surface area contributed by atoms with Gasteiger partial charge in [0, 0.05) is 6.07 Å². The quantitative estimate of drug-likeness (QED) is 0.488. The molecule has 26 heavy (non-hydrogen) atoms. The lowest BCUT2D eigenvalue weighted by molar-refractivity contribution is -0.138. The summed E-state index contributed by atoms with van der Waals surface area (Å²) in [5.41, 5.74) is 6.50. The lowest BCUT2D eigenvalue weighted by Crippen LogP contribution is -2.12. The highest BCUT2D eigenvalue weighted by atomic mass is 16.5. The average molecular weight is 356 g/mol. The fourth-order valence-corrected chi connectivity index (χ4v) is 2.66. The van der Waals surface area contributed by atoms with Crippen molar-refractivity contribution in [1.82, 2.24) is 0 Å². The van der Waals surface area contributed by atoms with Crippen molar-refractivity contribution in [2.45, 2.75) is 18.9 Å². The van der Waals surface area contributed by atoms with Crippen LogP contribution in [0.4, 0.5) is 0 Å². The Labute approximate surface area is 151 Å². The van der Waals surface area contributed by atoms with Gasteiger partial charge < -0.3 is 30.1 Å². The van der Waals surface area contributed by atoms with Gasteiger partial charge in [0.05, 0.1) is 19.1 Å². The molecule has 2 aromatic rings. The van der Waals surface area contributed by atoms with Crippen LogP contribution in [0.5, 0.6) is 23.0 Å². The zero-order valence-corrected chi connectivity index (χ0v) is 14.1. The van der Waals surface area contributed by atoms with Crippen LogP contribution in [0.2, 0.25) is 0 Å². The Hall–Kier alpha value is -2.71. The van der Waals surface area contributed by atoms with Gasteiger partial charge in [-0.2, -0.15) is 0 Å². The molecular weight excluding hydrogens is 337 g/mol. The molecule has 4 N–H and O–H groups in total. The van der Waals surface area contributed by atoms with Gasteiger partial charge in [-0.1, -0.05) is 12.1 Å². The number of nitrogens with two attached hydrogens (primary N) is 1. The molecule has 0 amide bonds. The lowest BCUT2D eigenvalue weighted by Gasteiger charge is -2.13. The summed E-state index contributed by atoms with van der Waals surface area (Å²) in [7, 11) is 1.36. The first-order valence-electron chi connectivity index (χ1n) is 8.25. The average Bonchev–Trinajstić information content (AvgIpc) is 3.01. The number of aliphatic carboxylic acids is 1. The summed E-state index contributed by atoms with van der Waals surface area (Å²) in [6.45, 7) is 1.07. The Kier molecular flexibility index (Phi) is 5.65. The number of aromatic hydroxyl groups is 1. The maximum Gasteiger partial charge on any atom is 0.335 e. The van der Waals surface area contributed by atoms with E-state index in [1.54, 1.807) is 30.3 Å². The third-order valence-electron chi connectivity index (χ3n) is 3.92. The molecule has 8 heteroatoms.